The summed E-state index contributed by atoms with van der Waals surface area (Å²) in [5.41, 5.74) is 2.47. The van der Waals surface area contributed by atoms with E-state index in [-0.39, 0.29) is 5.69 Å². The van der Waals surface area contributed by atoms with Gasteiger partial charge in [0, 0.05) is 17.7 Å². The molecule has 4 aromatic rings. The Hall–Kier alpha value is -4.32. The second kappa shape index (κ2) is 8.36. The van der Waals surface area contributed by atoms with Gasteiger partial charge in [-0.25, -0.2) is 4.79 Å². The SMILES string of the molecule is O=c1oc2ccccc2cc1-c1cccc(N=CC=Cc2ccccc2[N+](=O)[O-])c1. The molecule has 0 aliphatic carbocycles. The summed E-state index contributed by atoms with van der Waals surface area (Å²) in [7, 11) is 0. The summed E-state index contributed by atoms with van der Waals surface area (Å²) < 4.78 is 5.40. The smallest absolute Gasteiger partial charge is 0.344 e. The quantitative estimate of drug-likeness (QED) is 0.185. The molecule has 0 bridgehead atoms. The fourth-order valence-electron chi connectivity index (χ4n) is 3.09. The lowest BCUT2D eigenvalue weighted by Gasteiger charge is -2.03. The number of nitro benzene ring substituents is 1. The number of aliphatic imine (C=N–C) groups is 1. The number of rotatable bonds is 5. The molecule has 0 aliphatic heterocycles. The molecule has 0 saturated heterocycles. The van der Waals surface area contributed by atoms with Crippen molar-refractivity contribution < 1.29 is 9.34 Å². The molecule has 0 unspecified atom stereocenters. The van der Waals surface area contributed by atoms with E-state index in [2.05, 4.69) is 4.99 Å². The number of hydrogen-bond acceptors (Lipinski definition) is 5. The van der Waals surface area contributed by atoms with Gasteiger partial charge in [-0.2, -0.15) is 0 Å². The third kappa shape index (κ3) is 4.07. The summed E-state index contributed by atoms with van der Waals surface area (Å²) in [6.45, 7) is 0. The van der Waals surface area contributed by atoms with E-state index in [1.165, 1.54) is 6.07 Å². The van der Waals surface area contributed by atoms with Gasteiger partial charge in [-0.05, 0) is 48.0 Å². The van der Waals surface area contributed by atoms with Crippen LogP contribution in [0.1, 0.15) is 5.56 Å². The number of hydrogen-bond donors (Lipinski definition) is 0. The van der Waals surface area contributed by atoms with E-state index in [1.54, 1.807) is 54.8 Å². The van der Waals surface area contributed by atoms with Crippen LogP contribution in [0.2, 0.25) is 0 Å². The van der Waals surface area contributed by atoms with Gasteiger partial charge in [-0.3, -0.25) is 15.1 Å². The first-order valence-corrected chi connectivity index (χ1v) is 9.19. The zero-order valence-electron chi connectivity index (χ0n) is 15.8. The molecule has 0 amide bonds. The summed E-state index contributed by atoms with van der Waals surface area (Å²) >= 11 is 0. The van der Waals surface area contributed by atoms with Crippen molar-refractivity contribution in [1.82, 2.24) is 0 Å². The molecule has 146 valence electrons. The van der Waals surface area contributed by atoms with Crippen LogP contribution in [0.25, 0.3) is 28.2 Å². The molecule has 3 aromatic carbocycles. The minimum Gasteiger partial charge on any atom is -0.422 e. The third-order valence-electron chi connectivity index (χ3n) is 4.52. The topological polar surface area (TPSA) is 85.7 Å². The van der Waals surface area contributed by atoms with Gasteiger partial charge in [0.25, 0.3) is 5.69 Å². The zero-order chi connectivity index (χ0) is 20.9. The molecular weight excluding hydrogens is 380 g/mol. The Labute approximate surface area is 171 Å². The monoisotopic (exact) mass is 396 g/mol. The standard InChI is InChI=1S/C24H16N2O4/c27-24-21(16-19-8-2-4-13-23(19)30-24)18-9-5-11-20(15-18)25-14-6-10-17-7-1-3-12-22(17)26(28)29/h1-16H. The van der Waals surface area contributed by atoms with Crippen molar-refractivity contribution in [2.75, 3.05) is 0 Å². The van der Waals surface area contributed by atoms with Crippen molar-refractivity contribution in [2.45, 2.75) is 0 Å². The van der Waals surface area contributed by atoms with Gasteiger partial charge in [-0.1, -0.05) is 42.5 Å². The second-order valence-corrected chi connectivity index (χ2v) is 6.49. The zero-order valence-corrected chi connectivity index (χ0v) is 15.8. The summed E-state index contributed by atoms with van der Waals surface area (Å²) in [6.07, 6.45) is 4.82. The Morgan fingerprint density at radius 3 is 2.60 bits per heavy atom. The highest BCUT2D eigenvalue weighted by Crippen LogP contribution is 2.24. The van der Waals surface area contributed by atoms with Crippen molar-refractivity contribution >= 4 is 34.6 Å². The molecule has 30 heavy (non-hydrogen) atoms. The average Bonchev–Trinajstić information content (AvgIpc) is 2.76. The molecule has 0 atom stereocenters. The number of nitro groups is 1. The van der Waals surface area contributed by atoms with Crippen molar-refractivity contribution in [3.05, 3.63) is 111 Å². The summed E-state index contributed by atoms with van der Waals surface area (Å²) in [6, 6.07) is 22.9. The van der Waals surface area contributed by atoms with Crippen molar-refractivity contribution in [3.8, 4) is 11.1 Å². The second-order valence-electron chi connectivity index (χ2n) is 6.49. The van der Waals surface area contributed by atoms with E-state index in [9.17, 15) is 14.9 Å². The predicted octanol–water partition coefficient (Wildman–Crippen LogP) is 5.78. The van der Waals surface area contributed by atoms with Crippen molar-refractivity contribution in [3.63, 3.8) is 0 Å². The molecule has 1 heterocycles. The molecule has 0 fully saturated rings. The molecule has 1 aromatic heterocycles. The molecule has 6 heteroatoms. The van der Waals surface area contributed by atoms with Crippen LogP contribution in [0, 0.1) is 10.1 Å². The van der Waals surface area contributed by atoms with Gasteiger partial charge in [0.2, 0.25) is 0 Å². The highest BCUT2D eigenvalue weighted by molar-refractivity contribution is 5.84. The lowest BCUT2D eigenvalue weighted by atomic mass is 10.1. The van der Waals surface area contributed by atoms with Crippen LogP contribution in [0.3, 0.4) is 0 Å². The van der Waals surface area contributed by atoms with Crippen molar-refractivity contribution in [1.29, 1.82) is 0 Å². The minimum atomic E-state index is -0.421. The normalized spacial score (nSPS) is 11.5. The summed E-state index contributed by atoms with van der Waals surface area (Å²) in [4.78, 5) is 27.4. The summed E-state index contributed by atoms with van der Waals surface area (Å²) in [5.74, 6) is 0. The van der Waals surface area contributed by atoms with Crippen LogP contribution in [0.15, 0.2) is 99.1 Å². The Bertz CT molecular complexity index is 1350. The Morgan fingerprint density at radius 2 is 1.73 bits per heavy atom. The van der Waals surface area contributed by atoms with Gasteiger partial charge < -0.3 is 4.42 Å². The average molecular weight is 396 g/mol. The van der Waals surface area contributed by atoms with E-state index in [0.717, 1.165) is 5.39 Å². The van der Waals surface area contributed by atoms with E-state index >= 15 is 0 Å². The lowest BCUT2D eigenvalue weighted by Crippen LogP contribution is -2.02. The first-order valence-electron chi connectivity index (χ1n) is 9.19. The Balaban J connectivity index is 1.60. The van der Waals surface area contributed by atoms with Gasteiger partial charge >= 0.3 is 5.63 Å². The van der Waals surface area contributed by atoms with Crippen LogP contribution in [0.4, 0.5) is 11.4 Å². The Kier molecular flexibility index (Phi) is 5.30. The molecule has 0 spiro atoms. The largest absolute Gasteiger partial charge is 0.422 e. The number of para-hydroxylation sites is 2. The van der Waals surface area contributed by atoms with Gasteiger partial charge in [0.15, 0.2) is 0 Å². The highest BCUT2D eigenvalue weighted by Gasteiger charge is 2.09. The van der Waals surface area contributed by atoms with E-state index < -0.39 is 10.5 Å². The number of allylic oxidation sites excluding steroid dienone is 1. The van der Waals surface area contributed by atoms with E-state index in [4.69, 9.17) is 4.42 Å². The van der Waals surface area contributed by atoms with Crippen LogP contribution in [0.5, 0.6) is 0 Å². The fourth-order valence-corrected chi connectivity index (χ4v) is 3.09. The first-order chi connectivity index (χ1) is 14.6. The molecule has 0 aliphatic rings. The molecule has 4 rings (SSSR count). The number of nitrogens with zero attached hydrogens (tertiary/aromatic N) is 2. The van der Waals surface area contributed by atoms with Crippen LogP contribution < -0.4 is 5.63 Å². The fraction of sp³-hybridized carbons (Fsp3) is 0. The van der Waals surface area contributed by atoms with E-state index in [1.807, 2.05) is 36.4 Å². The maximum absolute atomic E-state index is 12.4. The molecule has 0 radical (unpaired) electrons. The van der Waals surface area contributed by atoms with Crippen LogP contribution in [-0.4, -0.2) is 11.1 Å². The van der Waals surface area contributed by atoms with Crippen LogP contribution in [-0.2, 0) is 0 Å². The molecule has 0 saturated carbocycles. The van der Waals surface area contributed by atoms with Gasteiger partial charge in [0.1, 0.15) is 5.58 Å². The Morgan fingerprint density at radius 1 is 0.933 bits per heavy atom. The lowest BCUT2D eigenvalue weighted by molar-refractivity contribution is -0.385. The van der Waals surface area contributed by atoms with Gasteiger partial charge in [0.05, 0.1) is 21.7 Å². The first kappa shape index (κ1) is 19.0. The van der Waals surface area contributed by atoms with Crippen LogP contribution >= 0.6 is 0 Å². The summed E-state index contributed by atoms with van der Waals surface area (Å²) in [5, 5.41) is 11.9. The molecule has 0 N–H and O–H groups in total. The minimum absolute atomic E-state index is 0.0344. The molecular formula is C24H16N2O4. The number of benzene rings is 3. The maximum atomic E-state index is 12.4. The van der Waals surface area contributed by atoms with E-state index in [0.29, 0.717) is 28.0 Å². The molecule has 6 nitrogen and oxygen atoms in total. The third-order valence-corrected chi connectivity index (χ3v) is 4.52. The highest BCUT2D eigenvalue weighted by atomic mass is 16.6. The van der Waals surface area contributed by atoms with Crippen molar-refractivity contribution in [2.24, 2.45) is 4.99 Å². The maximum Gasteiger partial charge on any atom is 0.344 e. The van der Waals surface area contributed by atoms with Gasteiger partial charge in [-0.15, -0.1) is 0 Å². The predicted molar refractivity (Wildman–Crippen MR) is 118 cm³/mol. The number of fused-ring (bicyclic) bond motifs is 1.